The van der Waals surface area contributed by atoms with Crippen molar-refractivity contribution in [3.63, 3.8) is 0 Å². The molecule has 0 fully saturated rings. The van der Waals surface area contributed by atoms with Gasteiger partial charge in [-0.25, -0.2) is 14.1 Å². The summed E-state index contributed by atoms with van der Waals surface area (Å²) in [7, 11) is 1.62. The molecule has 0 saturated heterocycles. The van der Waals surface area contributed by atoms with E-state index in [2.05, 4.69) is 20.7 Å². The van der Waals surface area contributed by atoms with Crippen LogP contribution in [0.25, 0.3) is 0 Å². The molecule has 0 saturated carbocycles. The van der Waals surface area contributed by atoms with E-state index >= 15 is 0 Å². The molecule has 2 N–H and O–H groups in total. The number of thiocarbonyl (C=S) groups is 1. The van der Waals surface area contributed by atoms with Crippen LogP contribution in [0.1, 0.15) is 5.56 Å². The van der Waals surface area contributed by atoms with Crippen LogP contribution < -0.4 is 10.6 Å². The molecule has 0 atom stereocenters. The van der Waals surface area contributed by atoms with Crippen molar-refractivity contribution in [1.82, 2.24) is 20.1 Å². The molecule has 8 heteroatoms. The summed E-state index contributed by atoms with van der Waals surface area (Å²) in [4.78, 5) is 4.11. The molecular weight excluding hydrogens is 293 g/mol. The monoisotopic (exact) mass is 309 g/mol. The van der Waals surface area contributed by atoms with E-state index in [1.807, 2.05) is 0 Å². The number of ether oxygens (including phenoxy) is 1. The van der Waals surface area contributed by atoms with Crippen molar-refractivity contribution in [1.29, 1.82) is 0 Å². The van der Waals surface area contributed by atoms with Gasteiger partial charge in [0.05, 0.1) is 13.2 Å². The van der Waals surface area contributed by atoms with Crippen LogP contribution in [0.15, 0.2) is 30.6 Å². The highest BCUT2D eigenvalue weighted by atomic mass is 32.1. The second kappa shape index (κ2) is 7.65. The van der Waals surface area contributed by atoms with Gasteiger partial charge in [0, 0.05) is 13.7 Å². The molecule has 0 radical (unpaired) electrons. The van der Waals surface area contributed by atoms with Crippen molar-refractivity contribution in [2.75, 3.05) is 25.6 Å². The molecule has 2 rings (SSSR count). The van der Waals surface area contributed by atoms with Gasteiger partial charge in [-0.15, -0.1) is 5.10 Å². The van der Waals surface area contributed by atoms with E-state index in [4.69, 9.17) is 17.0 Å². The zero-order chi connectivity index (χ0) is 15.1. The molecule has 1 aromatic carbocycles. The van der Waals surface area contributed by atoms with Gasteiger partial charge in [0.2, 0.25) is 5.95 Å². The fraction of sp³-hybridized carbons (Fsp3) is 0.308. The lowest BCUT2D eigenvalue weighted by Gasteiger charge is -2.06. The van der Waals surface area contributed by atoms with Gasteiger partial charge in [-0.05, 0) is 29.9 Å². The van der Waals surface area contributed by atoms with Crippen LogP contribution in [0.4, 0.5) is 10.3 Å². The first kappa shape index (κ1) is 15.3. The van der Waals surface area contributed by atoms with E-state index < -0.39 is 0 Å². The van der Waals surface area contributed by atoms with Crippen LogP contribution in [0.3, 0.4) is 0 Å². The van der Waals surface area contributed by atoms with E-state index in [0.717, 1.165) is 5.56 Å². The number of rotatable bonds is 6. The first-order valence-electron chi connectivity index (χ1n) is 6.35. The average Bonchev–Trinajstić information content (AvgIpc) is 2.89. The predicted octanol–water partition coefficient (Wildman–Crippen LogP) is 1.40. The Morgan fingerprint density at radius 2 is 2.14 bits per heavy atom. The van der Waals surface area contributed by atoms with Crippen molar-refractivity contribution in [3.8, 4) is 0 Å². The number of halogens is 1. The number of benzene rings is 1. The Labute approximate surface area is 127 Å². The molecule has 0 unspecified atom stereocenters. The molecule has 2 aromatic rings. The van der Waals surface area contributed by atoms with Crippen molar-refractivity contribution >= 4 is 23.3 Å². The smallest absolute Gasteiger partial charge is 0.248 e. The number of hydrogen-bond donors (Lipinski definition) is 2. The summed E-state index contributed by atoms with van der Waals surface area (Å²) < 4.78 is 19.4. The summed E-state index contributed by atoms with van der Waals surface area (Å²) in [5.74, 6) is 0.152. The molecule has 0 amide bonds. The second-order valence-corrected chi connectivity index (χ2v) is 4.67. The lowest BCUT2D eigenvalue weighted by atomic mass is 10.2. The summed E-state index contributed by atoms with van der Waals surface area (Å²) in [5, 5.41) is 10.5. The van der Waals surface area contributed by atoms with Crippen molar-refractivity contribution in [2.45, 2.75) is 6.54 Å². The van der Waals surface area contributed by atoms with Crippen LogP contribution in [-0.2, 0) is 11.3 Å². The maximum absolute atomic E-state index is 12.8. The fourth-order valence-corrected chi connectivity index (χ4v) is 1.81. The topological polar surface area (TPSA) is 64.0 Å². The number of methoxy groups -OCH3 is 1. The highest BCUT2D eigenvalue weighted by Crippen LogP contribution is 2.05. The molecule has 1 heterocycles. The lowest BCUT2D eigenvalue weighted by molar-refractivity contribution is 0.204. The van der Waals surface area contributed by atoms with Gasteiger partial charge in [-0.3, -0.25) is 5.32 Å². The Hall–Kier alpha value is -2.06. The second-order valence-electron chi connectivity index (χ2n) is 4.27. The summed E-state index contributed by atoms with van der Waals surface area (Å²) >= 11 is 5.09. The molecule has 0 aliphatic heterocycles. The van der Waals surface area contributed by atoms with Gasteiger partial charge in [0.15, 0.2) is 5.11 Å². The minimum atomic E-state index is -0.257. The summed E-state index contributed by atoms with van der Waals surface area (Å²) in [6.07, 6.45) is 1.59. The van der Waals surface area contributed by atoms with Crippen molar-refractivity contribution < 1.29 is 9.13 Å². The normalized spacial score (nSPS) is 10.4. The van der Waals surface area contributed by atoms with E-state index in [1.165, 1.54) is 12.1 Å². The molecule has 0 aliphatic carbocycles. The molecule has 6 nitrogen and oxygen atoms in total. The standard InChI is InChI=1S/C13H16FN5OS/c1-20-7-6-15-13(21)17-12-16-9-19(18-12)8-10-2-4-11(14)5-3-10/h2-5,9H,6-8H2,1H3,(H2,15,17,18,21). The third-order valence-corrected chi connectivity index (χ3v) is 2.86. The highest BCUT2D eigenvalue weighted by Gasteiger charge is 2.04. The third-order valence-electron chi connectivity index (χ3n) is 2.61. The summed E-state index contributed by atoms with van der Waals surface area (Å²) in [6.45, 7) is 1.69. The Bertz CT molecular complexity index is 587. The third kappa shape index (κ3) is 5.09. The minimum absolute atomic E-state index is 0.257. The number of anilines is 1. The highest BCUT2D eigenvalue weighted by molar-refractivity contribution is 7.80. The van der Waals surface area contributed by atoms with Crippen LogP contribution in [-0.4, -0.2) is 40.1 Å². The Morgan fingerprint density at radius 1 is 1.38 bits per heavy atom. The van der Waals surface area contributed by atoms with E-state index in [0.29, 0.717) is 30.8 Å². The first-order chi connectivity index (χ1) is 10.2. The maximum Gasteiger partial charge on any atom is 0.248 e. The lowest BCUT2D eigenvalue weighted by Crippen LogP contribution is -2.31. The number of aromatic nitrogens is 3. The maximum atomic E-state index is 12.8. The molecule has 21 heavy (non-hydrogen) atoms. The number of nitrogens with one attached hydrogen (secondary N) is 2. The van der Waals surface area contributed by atoms with Gasteiger partial charge < -0.3 is 10.1 Å². The molecule has 112 valence electrons. The van der Waals surface area contributed by atoms with Gasteiger partial charge in [-0.1, -0.05) is 12.1 Å². The van der Waals surface area contributed by atoms with E-state index in [9.17, 15) is 4.39 Å². The minimum Gasteiger partial charge on any atom is -0.383 e. The predicted molar refractivity (Wildman–Crippen MR) is 81.6 cm³/mol. The van der Waals surface area contributed by atoms with E-state index in [-0.39, 0.29) is 5.82 Å². The number of nitrogens with zero attached hydrogens (tertiary/aromatic N) is 3. The molecular formula is C13H16FN5OS. The van der Waals surface area contributed by atoms with Gasteiger partial charge in [0.25, 0.3) is 0 Å². The van der Waals surface area contributed by atoms with Crippen LogP contribution in [0, 0.1) is 5.82 Å². The molecule has 0 aliphatic rings. The largest absolute Gasteiger partial charge is 0.383 e. The summed E-state index contributed by atoms with van der Waals surface area (Å²) in [5.41, 5.74) is 0.939. The summed E-state index contributed by atoms with van der Waals surface area (Å²) in [6, 6.07) is 6.25. The Morgan fingerprint density at radius 3 is 2.86 bits per heavy atom. The van der Waals surface area contributed by atoms with Gasteiger partial charge in [-0.2, -0.15) is 0 Å². The first-order valence-corrected chi connectivity index (χ1v) is 6.76. The average molecular weight is 309 g/mol. The van der Waals surface area contributed by atoms with Crippen LogP contribution in [0.5, 0.6) is 0 Å². The van der Waals surface area contributed by atoms with Gasteiger partial charge in [0.1, 0.15) is 12.1 Å². The van der Waals surface area contributed by atoms with Crippen LogP contribution in [0.2, 0.25) is 0 Å². The van der Waals surface area contributed by atoms with Crippen LogP contribution >= 0.6 is 12.2 Å². The van der Waals surface area contributed by atoms with Crippen molar-refractivity contribution in [2.24, 2.45) is 0 Å². The molecule has 1 aromatic heterocycles. The Kier molecular flexibility index (Phi) is 5.59. The quantitative estimate of drug-likeness (QED) is 0.621. The van der Waals surface area contributed by atoms with Crippen molar-refractivity contribution in [3.05, 3.63) is 42.0 Å². The van der Waals surface area contributed by atoms with E-state index in [1.54, 1.807) is 30.3 Å². The Balaban J connectivity index is 1.86. The molecule has 0 bridgehead atoms. The zero-order valence-corrected chi connectivity index (χ0v) is 12.4. The number of hydrogen-bond acceptors (Lipinski definition) is 4. The zero-order valence-electron chi connectivity index (χ0n) is 11.5. The fourth-order valence-electron chi connectivity index (χ4n) is 1.62. The molecule has 0 spiro atoms. The van der Waals surface area contributed by atoms with Gasteiger partial charge >= 0.3 is 0 Å². The SMILES string of the molecule is COCCNC(=S)Nc1ncn(Cc2ccc(F)cc2)n1.